The summed E-state index contributed by atoms with van der Waals surface area (Å²) >= 11 is 0. The number of alkyl carbamates (subject to hydrolysis) is 1. The van der Waals surface area contributed by atoms with Crippen molar-refractivity contribution in [3.63, 3.8) is 0 Å². The van der Waals surface area contributed by atoms with E-state index in [1.54, 1.807) is 6.33 Å². The number of hydrogen-bond donors (Lipinski definition) is 1. The number of rotatable bonds is 5. The molecule has 0 spiro atoms. The normalized spacial score (nSPS) is 23.7. The molecule has 6 nitrogen and oxygen atoms in total. The summed E-state index contributed by atoms with van der Waals surface area (Å²) in [4.78, 5) is 15.8. The Morgan fingerprint density at radius 2 is 2.36 bits per heavy atom. The van der Waals surface area contributed by atoms with Gasteiger partial charge in [0.25, 0.3) is 0 Å². The molecule has 0 saturated heterocycles. The summed E-state index contributed by atoms with van der Waals surface area (Å²) in [5.74, 6) is 0.327. The highest BCUT2D eigenvalue weighted by molar-refractivity contribution is 5.67. The summed E-state index contributed by atoms with van der Waals surface area (Å²) in [6.45, 7) is 6.08. The number of aromatic nitrogens is 2. The Labute approximate surface area is 131 Å². The van der Waals surface area contributed by atoms with Crippen LogP contribution in [0.25, 0.3) is 0 Å². The number of nitriles is 1. The number of aryl methyl sites for hydroxylation is 1. The van der Waals surface area contributed by atoms with Crippen molar-refractivity contribution < 1.29 is 9.53 Å². The Balaban J connectivity index is 1.73. The van der Waals surface area contributed by atoms with Gasteiger partial charge in [0.05, 0.1) is 18.1 Å². The fraction of sp³-hybridized carbons (Fsp3) is 0.688. The molecule has 0 aliphatic heterocycles. The van der Waals surface area contributed by atoms with Crippen LogP contribution in [-0.2, 0) is 17.2 Å². The number of imidazole rings is 1. The predicted molar refractivity (Wildman–Crippen MR) is 82.1 cm³/mol. The van der Waals surface area contributed by atoms with Gasteiger partial charge in [-0.05, 0) is 46.0 Å². The van der Waals surface area contributed by atoms with Crippen molar-refractivity contribution in [1.82, 2.24) is 14.9 Å². The molecule has 0 bridgehead atoms. The van der Waals surface area contributed by atoms with Gasteiger partial charge in [-0.3, -0.25) is 0 Å². The second-order valence-corrected chi connectivity index (χ2v) is 6.98. The largest absolute Gasteiger partial charge is 0.444 e. The van der Waals surface area contributed by atoms with E-state index in [1.165, 1.54) is 0 Å². The molecule has 1 fully saturated rings. The molecule has 1 aliphatic rings. The maximum atomic E-state index is 11.5. The molecule has 22 heavy (non-hydrogen) atoms. The third-order valence-corrected chi connectivity index (χ3v) is 3.86. The average molecular weight is 304 g/mol. The van der Waals surface area contributed by atoms with Crippen molar-refractivity contribution in [1.29, 1.82) is 5.26 Å². The van der Waals surface area contributed by atoms with E-state index in [9.17, 15) is 10.1 Å². The van der Waals surface area contributed by atoms with E-state index in [0.29, 0.717) is 12.5 Å². The Kier molecular flexibility index (Phi) is 4.45. The molecule has 2 rings (SSSR count). The number of carbonyl (C=O) groups excluding carboxylic acids is 1. The molecule has 1 heterocycles. The van der Waals surface area contributed by atoms with Gasteiger partial charge in [-0.15, -0.1) is 0 Å². The Morgan fingerprint density at radius 1 is 1.64 bits per heavy atom. The molecule has 1 amide bonds. The van der Waals surface area contributed by atoms with Crippen LogP contribution < -0.4 is 5.32 Å². The van der Waals surface area contributed by atoms with Gasteiger partial charge in [0.15, 0.2) is 0 Å². The monoisotopic (exact) mass is 304 g/mol. The molecule has 1 saturated carbocycles. The molecule has 2 atom stereocenters. The van der Waals surface area contributed by atoms with Gasteiger partial charge in [0, 0.05) is 19.8 Å². The van der Waals surface area contributed by atoms with Gasteiger partial charge < -0.3 is 14.6 Å². The minimum atomic E-state index is -0.477. The van der Waals surface area contributed by atoms with Crippen LogP contribution in [0.4, 0.5) is 4.79 Å². The quantitative estimate of drug-likeness (QED) is 0.848. The fourth-order valence-electron chi connectivity index (χ4n) is 2.68. The summed E-state index contributed by atoms with van der Waals surface area (Å²) in [5.41, 5.74) is -0.0366. The average Bonchev–Trinajstić information content (AvgIpc) is 2.96. The van der Waals surface area contributed by atoms with E-state index in [1.807, 2.05) is 38.6 Å². The highest BCUT2D eigenvalue weighted by atomic mass is 16.6. The van der Waals surface area contributed by atoms with E-state index < -0.39 is 11.0 Å². The Morgan fingerprint density at radius 3 is 2.91 bits per heavy atom. The molecule has 2 unspecified atom stereocenters. The smallest absolute Gasteiger partial charge is 0.407 e. The Bertz CT molecular complexity index is 582. The zero-order valence-electron chi connectivity index (χ0n) is 13.7. The second-order valence-electron chi connectivity index (χ2n) is 6.98. The molecule has 0 radical (unpaired) electrons. The van der Waals surface area contributed by atoms with E-state index in [-0.39, 0.29) is 6.09 Å². The number of nitrogens with zero attached hydrogens (tertiary/aromatic N) is 3. The van der Waals surface area contributed by atoms with Gasteiger partial charge in [-0.25, -0.2) is 9.78 Å². The summed E-state index contributed by atoms with van der Waals surface area (Å²) in [6, 6.07) is 2.43. The molecule has 0 aromatic carbocycles. The van der Waals surface area contributed by atoms with Crippen molar-refractivity contribution in [2.75, 3.05) is 6.54 Å². The molecule has 1 N–H and O–H groups in total. The standard InChI is InChI=1S/C16H24N4O2/c1-15(2,3)22-14(21)18-7-5-6-12-8-16(12,10-17)13-9-20(4)11-19-13/h9,11-12H,5-8H2,1-4H3,(H,18,21). The fourth-order valence-corrected chi connectivity index (χ4v) is 2.68. The summed E-state index contributed by atoms with van der Waals surface area (Å²) in [6.07, 6.45) is 5.85. The van der Waals surface area contributed by atoms with Crippen LogP contribution in [0.2, 0.25) is 0 Å². The lowest BCUT2D eigenvalue weighted by Crippen LogP contribution is -2.33. The van der Waals surface area contributed by atoms with Crippen LogP contribution in [0.1, 0.15) is 45.7 Å². The first-order valence-corrected chi connectivity index (χ1v) is 7.63. The Hall–Kier alpha value is -2.03. The third kappa shape index (κ3) is 3.79. The molecular weight excluding hydrogens is 280 g/mol. The van der Waals surface area contributed by atoms with Gasteiger partial charge in [-0.1, -0.05) is 0 Å². The van der Waals surface area contributed by atoms with Crippen LogP contribution in [0.3, 0.4) is 0 Å². The lowest BCUT2D eigenvalue weighted by Gasteiger charge is -2.19. The zero-order valence-corrected chi connectivity index (χ0v) is 13.7. The SMILES string of the molecule is Cn1cnc(C2(C#N)CC2CCCNC(=O)OC(C)(C)C)c1. The summed E-state index contributed by atoms with van der Waals surface area (Å²) in [7, 11) is 1.91. The number of ether oxygens (including phenoxy) is 1. The van der Waals surface area contributed by atoms with Crippen LogP contribution in [0, 0.1) is 17.2 Å². The van der Waals surface area contributed by atoms with E-state index in [0.717, 1.165) is 25.0 Å². The van der Waals surface area contributed by atoms with Crippen molar-refractivity contribution in [3.05, 3.63) is 18.2 Å². The first-order valence-electron chi connectivity index (χ1n) is 7.63. The van der Waals surface area contributed by atoms with Gasteiger partial charge in [-0.2, -0.15) is 5.26 Å². The molecular formula is C16H24N4O2. The van der Waals surface area contributed by atoms with Crippen molar-refractivity contribution in [3.8, 4) is 6.07 Å². The van der Waals surface area contributed by atoms with Gasteiger partial charge >= 0.3 is 6.09 Å². The maximum Gasteiger partial charge on any atom is 0.407 e. The third-order valence-electron chi connectivity index (χ3n) is 3.86. The highest BCUT2D eigenvalue weighted by Crippen LogP contribution is 2.55. The van der Waals surface area contributed by atoms with Crippen LogP contribution >= 0.6 is 0 Å². The molecule has 1 aliphatic carbocycles. The predicted octanol–water partition coefficient (Wildman–Crippen LogP) is 2.51. The molecule has 120 valence electrons. The maximum absolute atomic E-state index is 11.5. The van der Waals surface area contributed by atoms with E-state index in [2.05, 4.69) is 16.4 Å². The minimum absolute atomic E-state index is 0.327. The van der Waals surface area contributed by atoms with E-state index in [4.69, 9.17) is 4.74 Å². The van der Waals surface area contributed by atoms with Crippen LogP contribution in [-0.4, -0.2) is 27.8 Å². The lowest BCUT2D eigenvalue weighted by atomic mass is 9.99. The number of nitrogens with one attached hydrogen (secondary N) is 1. The lowest BCUT2D eigenvalue weighted by molar-refractivity contribution is 0.0527. The van der Waals surface area contributed by atoms with Crippen molar-refractivity contribution >= 4 is 6.09 Å². The summed E-state index contributed by atoms with van der Waals surface area (Å²) in [5, 5.41) is 12.2. The second kappa shape index (κ2) is 5.99. The minimum Gasteiger partial charge on any atom is -0.444 e. The number of carbonyl (C=O) groups is 1. The molecule has 6 heteroatoms. The number of hydrogen-bond acceptors (Lipinski definition) is 4. The van der Waals surface area contributed by atoms with Gasteiger partial charge in [0.1, 0.15) is 11.0 Å². The topological polar surface area (TPSA) is 79.9 Å². The van der Waals surface area contributed by atoms with Crippen molar-refractivity contribution in [2.24, 2.45) is 13.0 Å². The van der Waals surface area contributed by atoms with Gasteiger partial charge in [0.2, 0.25) is 0 Å². The first-order chi connectivity index (χ1) is 10.3. The van der Waals surface area contributed by atoms with Crippen molar-refractivity contribution in [2.45, 2.75) is 51.0 Å². The molecule has 1 aromatic rings. The zero-order chi connectivity index (χ0) is 16.4. The highest BCUT2D eigenvalue weighted by Gasteiger charge is 2.57. The number of amides is 1. The summed E-state index contributed by atoms with van der Waals surface area (Å²) < 4.78 is 7.05. The van der Waals surface area contributed by atoms with Crippen LogP contribution in [0.15, 0.2) is 12.5 Å². The van der Waals surface area contributed by atoms with E-state index >= 15 is 0 Å². The van der Waals surface area contributed by atoms with Crippen LogP contribution in [0.5, 0.6) is 0 Å². The molecule has 1 aromatic heterocycles. The first kappa shape index (κ1) is 16.3.